The van der Waals surface area contributed by atoms with Gasteiger partial charge in [0.15, 0.2) is 0 Å². The number of halogens is 1. The van der Waals surface area contributed by atoms with E-state index >= 15 is 0 Å². The first-order valence-corrected chi connectivity index (χ1v) is 9.69. The van der Waals surface area contributed by atoms with Gasteiger partial charge in [0.25, 0.3) is 5.91 Å². The molecule has 0 spiro atoms. The quantitative estimate of drug-likeness (QED) is 0.657. The molecule has 2 aromatic carbocycles. The van der Waals surface area contributed by atoms with Gasteiger partial charge in [0, 0.05) is 66.1 Å². The molecule has 5 heteroatoms. The lowest BCUT2D eigenvalue weighted by Gasteiger charge is -2.36. The number of aryl methyl sites for hydroxylation is 2. The number of hydrogen-bond donors (Lipinski definition) is 0. The Kier molecular flexibility index (Phi) is 4.60. The number of amides is 1. The molecule has 4 rings (SSSR count). The molecule has 27 heavy (non-hydrogen) atoms. The summed E-state index contributed by atoms with van der Waals surface area (Å²) in [5, 5.41) is 1.91. The third kappa shape index (κ3) is 3.19. The lowest BCUT2D eigenvalue weighted by Crippen LogP contribution is -2.48. The van der Waals surface area contributed by atoms with Crippen molar-refractivity contribution in [2.75, 3.05) is 31.1 Å². The molecule has 0 aliphatic carbocycles. The van der Waals surface area contributed by atoms with E-state index in [4.69, 9.17) is 11.6 Å². The molecule has 0 atom stereocenters. The van der Waals surface area contributed by atoms with Crippen LogP contribution in [0.5, 0.6) is 0 Å². The topological polar surface area (TPSA) is 28.5 Å². The van der Waals surface area contributed by atoms with Gasteiger partial charge in [-0.1, -0.05) is 11.6 Å². The van der Waals surface area contributed by atoms with Gasteiger partial charge >= 0.3 is 0 Å². The minimum absolute atomic E-state index is 0.119. The SMILES string of the molecule is Cc1c(C)n(C)c2ccc(C(=O)N3CCN(c4ccc(Cl)cc4)CC3)cc12. The smallest absolute Gasteiger partial charge is 0.253 e. The van der Waals surface area contributed by atoms with Gasteiger partial charge in [0.05, 0.1) is 0 Å². The molecule has 0 N–H and O–H groups in total. The van der Waals surface area contributed by atoms with E-state index in [0.717, 1.165) is 42.5 Å². The van der Waals surface area contributed by atoms with Gasteiger partial charge < -0.3 is 14.4 Å². The zero-order chi connectivity index (χ0) is 19.1. The number of piperazine rings is 1. The van der Waals surface area contributed by atoms with Crippen LogP contribution in [0.2, 0.25) is 5.02 Å². The average molecular weight is 382 g/mol. The Labute approximate surface area is 164 Å². The fourth-order valence-electron chi connectivity index (χ4n) is 3.89. The molecule has 140 valence electrons. The van der Waals surface area contributed by atoms with Crippen molar-refractivity contribution in [1.29, 1.82) is 0 Å². The van der Waals surface area contributed by atoms with Gasteiger partial charge in [-0.05, 0) is 61.9 Å². The average Bonchev–Trinajstić information content (AvgIpc) is 2.92. The molecule has 1 aromatic heterocycles. The largest absolute Gasteiger partial charge is 0.368 e. The molecule has 1 aliphatic rings. The van der Waals surface area contributed by atoms with E-state index in [-0.39, 0.29) is 5.91 Å². The molecular formula is C22H24ClN3O. The second-order valence-corrected chi connectivity index (χ2v) is 7.69. The summed E-state index contributed by atoms with van der Waals surface area (Å²) in [5.41, 5.74) is 5.59. The number of anilines is 1. The number of hydrogen-bond acceptors (Lipinski definition) is 2. The molecule has 4 nitrogen and oxygen atoms in total. The minimum atomic E-state index is 0.119. The van der Waals surface area contributed by atoms with Gasteiger partial charge in [0.2, 0.25) is 0 Å². The predicted octanol–water partition coefficient (Wildman–Crippen LogP) is 4.41. The van der Waals surface area contributed by atoms with E-state index < -0.39 is 0 Å². The fourth-order valence-corrected chi connectivity index (χ4v) is 4.02. The van der Waals surface area contributed by atoms with Crippen LogP contribution in [0.1, 0.15) is 21.6 Å². The van der Waals surface area contributed by atoms with Gasteiger partial charge in [0.1, 0.15) is 0 Å². The standard InChI is InChI=1S/C22H24ClN3O/c1-15-16(2)24(3)21-9-4-17(14-20(15)21)22(27)26-12-10-25(11-13-26)19-7-5-18(23)6-8-19/h4-9,14H,10-13H2,1-3H3. The van der Waals surface area contributed by atoms with Crippen molar-refractivity contribution in [3.8, 4) is 0 Å². The highest BCUT2D eigenvalue weighted by Crippen LogP contribution is 2.26. The monoisotopic (exact) mass is 381 g/mol. The number of benzene rings is 2. The third-order valence-corrected chi connectivity index (χ3v) is 6.07. The maximum atomic E-state index is 13.0. The van der Waals surface area contributed by atoms with E-state index in [0.29, 0.717) is 0 Å². The van der Waals surface area contributed by atoms with Crippen LogP contribution >= 0.6 is 11.6 Å². The Bertz CT molecular complexity index is 999. The molecule has 1 amide bonds. The van der Waals surface area contributed by atoms with Crippen LogP contribution in [0.15, 0.2) is 42.5 Å². The summed E-state index contributed by atoms with van der Waals surface area (Å²) in [5.74, 6) is 0.119. The number of aromatic nitrogens is 1. The Morgan fingerprint density at radius 2 is 1.63 bits per heavy atom. The summed E-state index contributed by atoms with van der Waals surface area (Å²) in [6.45, 7) is 7.36. The molecule has 0 unspecified atom stereocenters. The lowest BCUT2D eigenvalue weighted by molar-refractivity contribution is 0.0747. The van der Waals surface area contributed by atoms with Crippen LogP contribution in [0.4, 0.5) is 5.69 Å². The van der Waals surface area contributed by atoms with Crippen LogP contribution < -0.4 is 4.90 Å². The molecule has 1 fully saturated rings. The van der Waals surface area contributed by atoms with Crippen LogP contribution in [-0.2, 0) is 7.05 Å². The van der Waals surface area contributed by atoms with Crippen molar-refractivity contribution in [1.82, 2.24) is 9.47 Å². The predicted molar refractivity (Wildman–Crippen MR) is 112 cm³/mol. The molecule has 3 aromatic rings. The zero-order valence-electron chi connectivity index (χ0n) is 16.0. The first-order chi connectivity index (χ1) is 13.0. The molecule has 1 aliphatic heterocycles. The van der Waals surface area contributed by atoms with Crippen LogP contribution in [0.25, 0.3) is 10.9 Å². The molecule has 0 saturated carbocycles. The van der Waals surface area contributed by atoms with Crippen molar-refractivity contribution in [2.24, 2.45) is 7.05 Å². The minimum Gasteiger partial charge on any atom is -0.368 e. The van der Waals surface area contributed by atoms with E-state index in [1.165, 1.54) is 22.2 Å². The lowest BCUT2D eigenvalue weighted by atomic mass is 10.1. The van der Waals surface area contributed by atoms with Crippen molar-refractivity contribution in [3.63, 3.8) is 0 Å². The number of rotatable bonds is 2. The molecule has 1 saturated heterocycles. The third-order valence-electron chi connectivity index (χ3n) is 5.81. The zero-order valence-corrected chi connectivity index (χ0v) is 16.8. The summed E-state index contributed by atoms with van der Waals surface area (Å²) in [4.78, 5) is 17.3. The Morgan fingerprint density at radius 1 is 0.963 bits per heavy atom. The van der Waals surface area contributed by atoms with E-state index in [9.17, 15) is 4.79 Å². The van der Waals surface area contributed by atoms with Gasteiger partial charge in [-0.15, -0.1) is 0 Å². The summed E-state index contributed by atoms with van der Waals surface area (Å²) in [6, 6.07) is 14.0. The normalized spacial score (nSPS) is 14.8. The molecule has 2 heterocycles. The Hall–Kier alpha value is -2.46. The summed E-state index contributed by atoms with van der Waals surface area (Å²) < 4.78 is 2.18. The number of carbonyl (C=O) groups excluding carboxylic acids is 1. The maximum Gasteiger partial charge on any atom is 0.253 e. The Balaban J connectivity index is 1.50. The van der Waals surface area contributed by atoms with Gasteiger partial charge in [-0.25, -0.2) is 0 Å². The van der Waals surface area contributed by atoms with Gasteiger partial charge in [-0.2, -0.15) is 0 Å². The fraction of sp³-hybridized carbons (Fsp3) is 0.318. The second-order valence-electron chi connectivity index (χ2n) is 7.26. The maximum absolute atomic E-state index is 13.0. The second kappa shape index (κ2) is 6.93. The number of fused-ring (bicyclic) bond motifs is 1. The van der Waals surface area contributed by atoms with Crippen molar-refractivity contribution in [3.05, 3.63) is 64.3 Å². The summed E-state index contributed by atoms with van der Waals surface area (Å²) in [7, 11) is 2.07. The molecule has 0 radical (unpaired) electrons. The Morgan fingerprint density at radius 3 is 2.30 bits per heavy atom. The summed E-state index contributed by atoms with van der Waals surface area (Å²) >= 11 is 5.97. The van der Waals surface area contributed by atoms with Crippen molar-refractivity contribution >= 4 is 34.1 Å². The van der Waals surface area contributed by atoms with E-state index in [1.54, 1.807) is 0 Å². The first-order valence-electron chi connectivity index (χ1n) is 9.31. The van der Waals surface area contributed by atoms with E-state index in [2.05, 4.69) is 36.4 Å². The molecular weight excluding hydrogens is 358 g/mol. The van der Waals surface area contributed by atoms with Gasteiger partial charge in [-0.3, -0.25) is 4.79 Å². The van der Waals surface area contributed by atoms with Crippen LogP contribution in [0.3, 0.4) is 0 Å². The molecule has 0 bridgehead atoms. The van der Waals surface area contributed by atoms with Crippen molar-refractivity contribution in [2.45, 2.75) is 13.8 Å². The first kappa shape index (κ1) is 17.9. The highest BCUT2D eigenvalue weighted by atomic mass is 35.5. The van der Waals surface area contributed by atoms with Crippen LogP contribution in [0, 0.1) is 13.8 Å². The highest BCUT2D eigenvalue weighted by molar-refractivity contribution is 6.30. The van der Waals surface area contributed by atoms with Crippen LogP contribution in [-0.4, -0.2) is 41.6 Å². The number of nitrogens with zero attached hydrogens (tertiary/aromatic N) is 3. The highest BCUT2D eigenvalue weighted by Gasteiger charge is 2.23. The number of carbonyl (C=O) groups is 1. The summed E-state index contributed by atoms with van der Waals surface area (Å²) in [6.07, 6.45) is 0. The van der Waals surface area contributed by atoms with Crippen molar-refractivity contribution < 1.29 is 4.79 Å². The van der Waals surface area contributed by atoms with E-state index in [1.807, 2.05) is 41.3 Å².